The quantitative estimate of drug-likeness (QED) is 0.905. The maximum absolute atomic E-state index is 13.0. The number of carbonyl (C=O) groups is 3. The van der Waals surface area contributed by atoms with E-state index >= 15 is 0 Å². The number of carbonyl (C=O) groups excluding carboxylic acids is 3. The summed E-state index contributed by atoms with van der Waals surface area (Å²) in [4.78, 5) is 38.6. The number of rotatable bonds is 3. The van der Waals surface area contributed by atoms with Gasteiger partial charge in [0.1, 0.15) is 11.9 Å². The standard InChI is InChI=1S/C18H20O6/c1-4-24-17-8(2)14(20)18(23-3)13-12(17)15(21)9-6-5-7-10(19)11(9)16(13)22/h5-8,12-13,17-19H,4H2,1-3H3/t8?,12-,13+,17-,18-/m0/s1. The molecule has 5 atom stereocenters. The lowest BCUT2D eigenvalue weighted by molar-refractivity contribution is -0.152. The van der Waals surface area contributed by atoms with Crippen LogP contribution >= 0.6 is 0 Å². The molecule has 1 unspecified atom stereocenters. The van der Waals surface area contributed by atoms with Crippen LogP contribution in [0.5, 0.6) is 5.75 Å². The predicted octanol–water partition coefficient (Wildman–Crippen LogP) is 1.64. The summed E-state index contributed by atoms with van der Waals surface area (Å²) in [5.74, 6) is -3.54. The van der Waals surface area contributed by atoms with Gasteiger partial charge in [-0.2, -0.15) is 0 Å². The molecule has 0 amide bonds. The van der Waals surface area contributed by atoms with Gasteiger partial charge < -0.3 is 14.6 Å². The van der Waals surface area contributed by atoms with E-state index in [2.05, 4.69) is 0 Å². The minimum absolute atomic E-state index is 0.0246. The number of fused-ring (bicyclic) bond motifs is 2. The summed E-state index contributed by atoms with van der Waals surface area (Å²) >= 11 is 0. The van der Waals surface area contributed by atoms with E-state index in [1.165, 1.54) is 25.3 Å². The molecule has 0 spiro atoms. The first-order valence-corrected chi connectivity index (χ1v) is 8.02. The van der Waals surface area contributed by atoms with E-state index < -0.39 is 35.7 Å². The van der Waals surface area contributed by atoms with Crippen LogP contribution in [0.25, 0.3) is 0 Å². The van der Waals surface area contributed by atoms with Gasteiger partial charge in [0.25, 0.3) is 0 Å². The van der Waals surface area contributed by atoms with E-state index in [1.54, 1.807) is 13.8 Å². The first-order valence-electron chi connectivity index (χ1n) is 8.02. The molecule has 1 fully saturated rings. The number of benzene rings is 1. The SMILES string of the molecule is CCO[C@H]1C(C)C(=O)[C@@H](OC)[C@H]2C(=O)c3c(O)cccc3C(=O)[C@H]21. The second kappa shape index (κ2) is 6.11. The fourth-order valence-corrected chi connectivity index (χ4v) is 3.97. The molecule has 1 N–H and O–H groups in total. The molecule has 1 aromatic carbocycles. The molecule has 1 saturated carbocycles. The molecule has 2 aliphatic rings. The number of phenols is 1. The third kappa shape index (κ3) is 2.21. The van der Waals surface area contributed by atoms with Gasteiger partial charge in [-0.3, -0.25) is 14.4 Å². The summed E-state index contributed by atoms with van der Waals surface area (Å²) < 4.78 is 11.0. The van der Waals surface area contributed by atoms with Gasteiger partial charge in [0.2, 0.25) is 0 Å². The first kappa shape index (κ1) is 16.8. The Bertz CT molecular complexity index is 709. The molecule has 0 aromatic heterocycles. The summed E-state index contributed by atoms with van der Waals surface area (Å²) in [6, 6.07) is 4.41. The number of Topliss-reactive ketones (excluding diaryl/α,β-unsaturated/α-hetero) is 3. The Morgan fingerprint density at radius 2 is 1.83 bits per heavy atom. The Kier molecular flexibility index (Phi) is 4.27. The van der Waals surface area contributed by atoms with E-state index in [0.717, 1.165) is 0 Å². The van der Waals surface area contributed by atoms with Crippen molar-refractivity contribution in [2.45, 2.75) is 26.1 Å². The topological polar surface area (TPSA) is 89.9 Å². The molecule has 0 bridgehead atoms. The molecule has 2 aliphatic carbocycles. The predicted molar refractivity (Wildman–Crippen MR) is 84.1 cm³/mol. The Hall–Kier alpha value is -2.05. The van der Waals surface area contributed by atoms with Crippen LogP contribution in [0.3, 0.4) is 0 Å². The van der Waals surface area contributed by atoms with E-state index in [1.807, 2.05) is 0 Å². The van der Waals surface area contributed by atoms with Crippen molar-refractivity contribution in [1.82, 2.24) is 0 Å². The molecule has 24 heavy (non-hydrogen) atoms. The zero-order valence-electron chi connectivity index (χ0n) is 13.8. The second-order valence-electron chi connectivity index (χ2n) is 6.25. The van der Waals surface area contributed by atoms with E-state index in [0.29, 0.717) is 6.61 Å². The number of hydrogen-bond acceptors (Lipinski definition) is 6. The van der Waals surface area contributed by atoms with Crippen LogP contribution in [0.15, 0.2) is 18.2 Å². The lowest BCUT2D eigenvalue weighted by Gasteiger charge is -2.45. The highest BCUT2D eigenvalue weighted by Crippen LogP contribution is 2.44. The Morgan fingerprint density at radius 1 is 1.12 bits per heavy atom. The highest BCUT2D eigenvalue weighted by atomic mass is 16.5. The van der Waals surface area contributed by atoms with Gasteiger partial charge >= 0.3 is 0 Å². The highest BCUT2D eigenvalue weighted by Gasteiger charge is 2.58. The number of ether oxygens (including phenoxy) is 2. The average molecular weight is 332 g/mol. The van der Waals surface area contributed by atoms with Crippen LogP contribution in [-0.2, 0) is 14.3 Å². The molecule has 0 saturated heterocycles. The molecular formula is C18H20O6. The van der Waals surface area contributed by atoms with Gasteiger partial charge in [-0.15, -0.1) is 0 Å². The van der Waals surface area contributed by atoms with Crippen molar-refractivity contribution < 1.29 is 29.0 Å². The summed E-state index contributed by atoms with van der Waals surface area (Å²) in [6.45, 7) is 3.81. The van der Waals surface area contributed by atoms with Gasteiger partial charge in [0.15, 0.2) is 17.3 Å². The lowest BCUT2D eigenvalue weighted by atomic mass is 9.61. The normalized spacial score (nSPS) is 32.5. The lowest BCUT2D eigenvalue weighted by Crippen LogP contribution is -2.60. The minimum Gasteiger partial charge on any atom is -0.507 e. The third-order valence-electron chi connectivity index (χ3n) is 5.06. The van der Waals surface area contributed by atoms with Gasteiger partial charge in [-0.1, -0.05) is 19.1 Å². The Morgan fingerprint density at radius 3 is 2.46 bits per heavy atom. The summed E-state index contributed by atoms with van der Waals surface area (Å²) in [5.41, 5.74) is 0.158. The zero-order valence-corrected chi connectivity index (χ0v) is 13.8. The van der Waals surface area contributed by atoms with Crippen molar-refractivity contribution in [3.05, 3.63) is 29.3 Å². The monoisotopic (exact) mass is 332 g/mol. The van der Waals surface area contributed by atoms with Crippen LogP contribution < -0.4 is 0 Å². The Labute approximate surface area is 139 Å². The summed E-state index contributed by atoms with van der Waals surface area (Å²) in [7, 11) is 1.35. The van der Waals surface area contributed by atoms with Crippen molar-refractivity contribution in [1.29, 1.82) is 0 Å². The molecule has 0 aliphatic heterocycles. The van der Waals surface area contributed by atoms with Crippen molar-refractivity contribution in [2.75, 3.05) is 13.7 Å². The molecule has 6 nitrogen and oxygen atoms in total. The molecule has 3 rings (SSSR count). The Balaban J connectivity index is 2.20. The molecule has 128 valence electrons. The fraction of sp³-hybridized carbons (Fsp3) is 0.500. The molecule has 0 heterocycles. The first-order chi connectivity index (χ1) is 11.4. The van der Waals surface area contributed by atoms with Crippen molar-refractivity contribution >= 4 is 17.3 Å². The fourth-order valence-electron chi connectivity index (χ4n) is 3.97. The van der Waals surface area contributed by atoms with Gasteiger partial charge in [-0.05, 0) is 13.0 Å². The summed E-state index contributed by atoms with van der Waals surface area (Å²) in [5, 5.41) is 10.1. The molecular weight excluding hydrogens is 312 g/mol. The molecule has 6 heteroatoms. The van der Waals surface area contributed by atoms with Crippen LogP contribution in [0.1, 0.15) is 34.6 Å². The summed E-state index contributed by atoms with van der Waals surface area (Å²) in [6.07, 6.45) is -1.68. The second-order valence-corrected chi connectivity index (χ2v) is 6.25. The number of ketones is 3. The van der Waals surface area contributed by atoms with Crippen LogP contribution in [0.4, 0.5) is 0 Å². The van der Waals surface area contributed by atoms with Crippen LogP contribution in [0.2, 0.25) is 0 Å². The van der Waals surface area contributed by atoms with Crippen molar-refractivity contribution in [3.63, 3.8) is 0 Å². The van der Waals surface area contributed by atoms with Crippen LogP contribution in [-0.4, -0.2) is 48.4 Å². The van der Waals surface area contributed by atoms with Crippen molar-refractivity contribution in [3.8, 4) is 5.75 Å². The van der Waals surface area contributed by atoms with Crippen molar-refractivity contribution in [2.24, 2.45) is 17.8 Å². The van der Waals surface area contributed by atoms with Crippen LogP contribution in [0, 0.1) is 17.8 Å². The minimum atomic E-state index is -1.01. The van der Waals surface area contributed by atoms with Gasteiger partial charge in [0, 0.05) is 25.2 Å². The van der Waals surface area contributed by atoms with E-state index in [4.69, 9.17) is 9.47 Å². The zero-order chi connectivity index (χ0) is 17.6. The smallest absolute Gasteiger partial charge is 0.174 e. The number of aromatic hydroxyl groups is 1. The van der Waals surface area contributed by atoms with E-state index in [9.17, 15) is 19.5 Å². The average Bonchev–Trinajstić information content (AvgIpc) is 2.56. The maximum atomic E-state index is 13.0. The highest BCUT2D eigenvalue weighted by molar-refractivity contribution is 6.19. The number of hydrogen-bond donors (Lipinski definition) is 1. The largest absolute Gasteiger partial charge is 0.507 e. The maximum Gasteiger partial charge on any atom is 0.174 e. The number of methoxy groups -OCH3 is 1. The van der Waals surface area contributed by atoms with Gasteiger partial charge in [0.05, 0.1) is 23.5 Å². The molecule has 0 radical (unpaired) electrons. The number of phenolic OH excluding ortho intramolecular Hbond substituents is 1. The van der Waals surface area contributed by atoms with Gasteiger partial charge in [-0.25, -0.2) is 0 Å². The third-order valence-corrected chi connectivity index (χ3v) is 5.06. The molecule has 1 aromatic rings. The van der Waals surface area contributed by atoms with E-state index in [-0.39, 0.29) is 28.4 Å².